The molecule has 0 bridgehead atoms. The molecule has 1 aliphatic rings. The lowest BCUT2D eigenvalue weighted by atomic mass is 9.94. The summed E-state index contributed by atoms with van der Waals surface area (Å²) in [6, 6.07) is 4.12. The lowest BCUT2D eigenvalue weighted by Gasteiger charge is -2.36. The standard InChI is InChI=1S/C16H23F3N2OS.2ClH/c1-11(2)9-14(21-7-5-20-6-8-21)13-10-12(3-4-15(13)22)23-16(17,18)19;;/h3-4,10-11,14,20,22H,5-9H2,1-2H3;2*1H/t14-;;/m1../s1. The van der Waals surface area contributed by atoms with E-state index in [0.717, 1.165) is 32.6 Å². The summed E-state index contributed by atoms with van der Waals surface area (Å²) in [6.07, 6.45) is 0.799. The van der Waals surface area contributed by atoms with Crippen molar-refractivity contribution in [2.24, 2.45) is 5.92 Å². The van der Waals surface area contributed by atoms with Crippen molar-refractivity contribution in [3.05, 3.63) is 23.8 Å². The highest BCUT2D eigenvalue weighted by atomic mass is 35.5. The molecule has 0 spiro atoms. The number of benzene rings is 1. The van der Waals surface area contributed by atoms with Crippen LogP contribution < -0.4 is 5.32 Å². The summed E-state index contributed by atoms with van der Waals surface area (Å²) in [5, 5.41) is 13.5. The Morgan fingerprint density at radius 3 is 2.32 bits per heavy atom. The number of nitrogens with one attached hydrogen (secondary N) is 1. The molecule has 0 aromatic heterocycles. The predicted octanol–water partition coefficient (Wildman–Crippen LogP) is 4.84. The van der Waals surface area contributed by atoms with Gasteiger partial charge in [0, 0.05) is 42.7 Å². The molecular weight excluding hydrogens is 396 g/mol. The lowest BCUT2D eigenvalue weighted by Crippen LogP contribution is -2.45. The monoisotopic (exact) mass is 420 g/mol. The number of hydrogen-bond acceptors (Lipinski definition) is 4. The van der Waals surface area contributed by atoms with E-state index in [4.69, 9.17) is 0 Å². The fraction of sp³-hybridized carbons (Fsp3) is 0.625. The molecule has 146 valence electrons. The molecule has 1 heterocycles. The van der Waals surface area contributed by atoms with Gasteiger partial charge in [0.15, 0.2) is 0 Å². The average Bonchev–Trinajstić information content (AvgIpc) is 2.46. The molecule has 2 rings (SSSR count). The first-order chi connectivity index (χ1) is 10.8. The molecule has 0 saturated carbocycles. The summed E-state index contributed by atoms with van der Waals surface area (Å²) >= 11 is -0.135. The summed E-state index contributed by atoms with van der Waals surface area (Å²) in [5.41, 5.74) is -3.73. The molecule has 0 aliphatic carbocycles. The maximum Gasteiger partial charge on any atom is 0.446 e. The number of phenolic OH excluding ortho intramolecular Hbond substituents is 1. The molecule has 9 heteroatoms. The summed E-state index contributed by atoms with van der Waals surface area (Å²) in [6.45, 7) is 7.53. The van der Waals surface area contributed by atoms with Gasteiger partial charge in [-0.2, -0.15) is 13.2 Å². The Balaban J connectivity index is 0.00000288. The van der Waals surface area contributed by atoms with E-state index in [2.05, 4.69) is 24.1 Å². The van der Waals surface area contributed by atoms with Crippen LogP contribution >= 0.6 is 36.6 Å². The zero-order chi connectivity index (χ0) is 17.0. The molecular formula is C16H25Cl2F3N2OS. The molecule has 1 saturated heterocycles. The molecule has 2 N–H and O–H groups in total. The first kappa shape index (κ1) is 24.7. The Bertz CT molecular complexity index is 527. The highest BCUT2D eigenvalue weighted by molar-refractivity contribution is 8.00. The van der Waals surface area contributed by atoms with E-state index in [-0.39, 0.29) is 53.3 Å². The van der Waals surface area contributed by atoms with Gasteiger partial charge in [0.05, 0.1) is 0 Å². The summed E-state index contributed by atoms with van der Waals surface area (Å²) in [7, 11) is 0. The van der Waals surface area contributed by atoms with Gasteiger partial charge in [-0.25, -0.2) is 0 Å². The van der Waals surface area contributed by atoms with Crippen LogP contribution in [0.4, 0.5) is 13.2 Å². The van der Waals surface area contributed by atoms with Crippen molar-refractivity contribution in [3.63, 3.8) is 0 Å². The molecule has 0 unspecified atom stereocenters. The molecule has 3 nitrogen and oxygen atoms in total. The molecule has 1 fully saturated rings. The first-order valence-electron chi connectivity index (χ1n) is 7.79. The number of alkyl halides is 3. The van der Waals surface area contributed by atoms with Gasteiger partial charge in [0.2, 0.25) is 0 Å². The minimum absolute atomic E-state index is 0. The van der Waals surface area contributed by atoms with Gasteiger partial charge >= 0.3 is 5.51 Å². The zero-order valence-electron chi connectivity index (χ0n) is 14.2. The van der Waals surface area contributed by atoms with Crippen molar-refractivity contribution in [1.29, 1.82) is 0 Å². The van der Waals surface area contributed by atoms with Gasteiger partial charge < -0.3 is 10.4 Å². The molecule has 1 aromatic rings. The van der Waals surface area contributed by atoms with Gasteiger partial charge in [0.25, 0.3) is 0 Å². The third-order valence-corrected chi connectivity index (χ3v) is 4.60. The normalized spacial score (nSPS) is 16.9. The van der Waals surface area contributed by atoms with E-state index >= 15 is 0 Å². The third-order valence-electron chi connectivity index (χ3n) is 3.88. The van der Waals surface area contributed by atoms with Crippen molar-refractivity contribution in [3.8, 4) is 5.75 Å². The second-order valence-electron chi connectivity index (χ2n) is 6.20. The first-order valence-corrected chi connectivity index (χ1v) is 8.61. The van der Waals surface area contributed by atoms with E-state index in [9.17, 15) is 18.3 Å². The number of halogens is 5. The zero-order valence-corrected chi connectivity index (χ0v) is 16.6. The second kappa shape index (κ2) is 10.7. The average molecular weight is 421 g/mol. The van der Waals surface area contributed by atoms with E-state index < -0.39 is 5.51 Å². The Kier molecular flexibility index (Phi) is 10.6. The SMILES string of the molecule is CC(C)C[C@H](c1cc(SC(F)(F)F)ccc1O)N1CCNCC1.Cl.Cl. The van der Waals surface area contributed by atoms with Crippen LogP contribution in [0, 0.1) is 5.92 Å². The summed E-state index contributed by atoms with van der Waals surface area (Å²) in [5.74, 6) is 0.453. The van der Waals surface area contributed by atoms with Crippen LogP contribution in [0.5, 0.6) is 5.75 Å². The topological polar surface area (TPSA) is 35.5 Å². The van der Waals surface area contributed by atoms with Crippen LogP contribution in [0.25, 0.3) is 0 Å². The number of piperazine rings is 1. The van der Waals surface area contributed by atoms with E-state index in [0.29, 0.717) is 11.5 Å². The smallest absolute Gasteiger partial charge is 0.446 e. The second-order valence-corrected chi connectivity index (χ2v) is 7.34. The largest absolute Gasteiger partial charge is 0.508 e. The minimum Gasteiger partial charge on any atom is -0.508 e. The van der Waals surface area contributed by atoms with Crippen molar-refractivity contribution in [2.75, 3.05) is 26.2 Å². The number of hydrogen-bond donors (Lipinski definition) is 2. The van der Waals surface area contributed by atoms with Gasteiger partial charge in [-0.3, -0.25) is 4.90 Å². The van der Waals surface area contributed by atoms with Gasteiger partial charge in [0.1, 0.15) is 5.75 Å². The number of aromatic hydroxyl groups is 1. The Hall–Kier alpha value is -0.340. The van der Waals surface area contributed by atoms with Crippen molar-refractivity contribution in [1.82, 2.24) is 10.2 Å². The highest BCUT2D eigenvalue weighted by Gasteiger charge is 2.31. The molecule has 25 heavy (non-hydrogen) atoms. The Morgan fingerprint density at radius 2 is 1.80 bits per heavy atom. The van der Waals surface area contributed by atoms with E-state index in [1.165, 1.54) is 18.2 Å². The van der Waals surface area contributed by atoms with Gasteiger partial charge in [-0.05, 0) is 42.3 Å². The Morgan fingerprint density at radius 1 is 1.20 bits per heavy atom. The number of nitrogens with zero attached hydrogens (tertiary/aromatic N) is 1. The van der Waals surface area contributed by atoms with Crippen molar-refractivity contribution >= 4 is 36.6 Å². The van der Waals surface area contributed by atoms with Crippen LogP contribution in [0.2, 0.25) is 0 Å². The number of rotatable bonds is 5. The third kappa shape index (κ3) is 7.83. The lowest BCUT2D eigenvalue weighted by molar-refractivity contribution is -0.0328. The minimum atomic E-state index is -4.32. The fourth-order valence-electron chi connectivity index (χ4n) is 2.91. The molecule has 1 aromatic carbocycles. The predicted molar refractivity (Wildman–Crippen MR) is 101 cm³/mol. The summed E-state index contributed by atoms with van der Waals surface area (Å²) in [4.78, 5) is 2.36. The van der Waals surface area contributed by atoms with Gasteiger partial charge in [-0.1, -0.05) is 13.8 Å². The quantitative estimate of drug-likeness (QED) is 0.667. The number of phenols is 1. The van der Waals surface area contributed by atoms with Crippen LogP contribution in [0.15, 0.2) is 23.1 Å². The van der Waals surface area contributed by atoms with E-state index in [1.807, 2.05) is 0 Å². The van der Waals surface area contributed by atoms with Crippen LogP contribution in [-0.4, -0.2) is 41.7 Å². The van der Waals surface area contributed by atoms with Crippen LogP contribution in [0.1, 0.15) is 31.9 Å². The maximum atomic E-state index is 12.6. The molecule has 0 radical (unpaired) electrons. The maximum absolute atomic E-state index is 12.6. The van der Waals surface area contributed by atoms with E-state index in [1.54, 1.807) is 0 Å². The van der Waals surface area contributed by atoms with Crippen molar-refractivity contribution in [2.45, 2.75) is 36.7 Å². The van der Waals surface area contributed by atoms with Gasteiger partial charge in [-0.15, -0.1) is 24.8 Å². The summed E-state index contributed by atoms with van der Waals surface area (Å²) < 4.78 is 37.9. The highest BCUT2D eigenvalue weighted by Crippen LogP contribution is 2.41. The Labute approximate surface area is 163 Å². The molecule has 1 atom stereocenters. The van der Waals surface area contributed by atoms with Crippen LogP contribution in [-0.2, 0) is 0 Å². The van der Waals surface area contributed by atoms with Crippen molar-refractivity contribution < 1.29 is 18.3 Å². The number of thioether (sulfide) groups is 1. The molecule has 1 aliphatic heterocycles. The fourth-order valence-corrected chi connectivity index (χ4v) is 3.50. The van der Waals surface area contributed by atoms with Crippen LogP contribution in [0.3, 0.4) is 0 Å². The molecule has 0 amide bonds.